The molecule has 0 saturated carbocycles. The number of likely N-dealkylation sites (tertiary alicyclic amines) is 1. The zero-order valence-electron chi connectivity index (χ0n) is 11.8. The largest absolute Gasteiger partial charge is 0.389 e. The van der Waals surface area contributed by atoms with E-state index in [0.717, 1.165) is 0 Å². The lowest BCUT2D eigenvalue weighted by Crippen LogP contribution is -2.40. The smallest absolute Gasteiger partial charge is 0.241 e. The van der Waals surface area contributed by atoms with Crippen molar-refractivity contribution >= 4 is 33.1 Å². The number of hydrogen-bond donors (Lipinski definition) is 2. The molecule has 6 nitrogen and oxygen atoms in total. The number of nitrogens with two attached hydrogens (primary N) is 1. The molecule has 21 heavy (non-hydrogen) atoms. The maximum Gasteiger partial charge on any atom is 0.241 e. The number of aryl methyl sites for hydroxylation is 1. The van der Waals surface area contributed by atoms with Crippen LogP contribution in [0.15, 0.2) is 23.1 Å². The Hall–Kier alpha value is -1.51. The van der Waals surface area contributed by atoms with E-state index >= 15 is 0 Å². The molecule has 0 radical (unpaired) electrons. The average molecular weight is 327 g/mol. The molecule has 1 heterocycles. The van der Waals surface area contributed by atoms with Crippen LogP contribution < -0.4 is 10.5 Å². The Kier molecular flexibility index (Phi) is 4.31. The SMILES string of the molecule is Cc1cc(C(N)=S)ccc1S(=O)(=O)NC1CCN(C)C1=O. The number of thiocarbonyl (C=S) groups is 1. The van der Waals surface area contributed by atoms with E-state index in [-0.39, 0.29) is 15.8 Å². The van der Waals surface area contributed by atoms with Crippen LogP contribution in [0.4, 0.5) is 0 Å². The minimum Gasteiger partial charge on any atom is -0.389 e. The van der Waals surface area contributed by atoms with Crippen molar-refractivity contribution in [3.8, 4) is 0 Å². The van der Waals surface area contributed by atoms with Gasteiger partial charge in [-0.15, -0.1) is 0 Å². The summed E-state index contributed by atoms with van der Waals surface area (Å²) in [5.74, 6) is -0.212. The lowest BCUT2D eigenvalue weighted by molar-refractivity contribution is -0.127. The molecule has 0 bridgehead atoms. The van der Waals surface area contributed by atoms with E-state index in [0.29, 0.717) is 24.1 Å². The first-order chi connectivity index (χ1) is 9.72. The van der Waals surface area contributed by atoms with Gasteiger partial charge in [-0.1, -0.05) is 18.3 Å². The Morgan fingerprint density at radius 2 is 2.14 bits per heavy atom. The summed E-state index contributed by atoms with van der Waals surface area (Å²) in [4.78, 5) is 13.7. The molecule has 1 aliphatic rings. The third kappa shape index (κ3) is 3.22. The maximum absolute atomic E-state index is 12.4. The number of amides is 1. The second kappa shape index (κ2) is 5.70. The number of carbonyl (C=O) groups excluding carboxylic acids is 1. The Labute approximate surface area is 129 Å². The first kappa shape index (κ1) is 15.9. The number of carbonyl (C=O) groups is 1. The Bertz CT molecular complexity index is 701. The summed E-state index contributed by atoms with van der Waals surface area (Å²) < 4.78 is 27.3. The number of benzene rings is 1. The fourth-order valence-corrected chi connectivity index (χ4v) is 3.86. The molecular formula is C13H17N3O3S2. The zero-order valence-corrected chi connectivity index (χ0v) is 13.4. The van der Waals surface area contributed by atoms with Crippen LogP contribution in [0.3, 0.4) is 0 Å². The normalized spacial score (nSPS) is 19.0. The summed E-state index contributed by atoms with van der Waals surface area (Å²) in [6.07, 6.45) is 0.471. The molecule has 1 aromatic rings. The van der Waals surface area contributed by atoms with E-state index in [1.54, 1.807) is 26.1 Å². The van der Waals surface area contributed by atoms with E-state index in [1.165, 1.54) is 11.0 Å². The Morgan fingerprint density at radius 1 is 1.48 bits per heavy atom. The standard InChI is InChI=1S/C13H17N3O3S2/c1-8-7-9(12(14)20)3-4-11(8)21(18,19)15-10-5-6-16(2)13(10)17/h3-4,7,10,15H,5-6H2,1-2H3,(H2,14,20). The van der Waals surface area contributed by atoms with Crippen LogP contribution in [0.5, 0.6) is 0 Å². The van der Waals surface area contributed by atoms with Crippen molar-refractivity contribution in [3.63, 3.8) is 0 Å². The van der Waals surface area contributed by atoms with Gasteiger partial charge in [0.15, 0.2) is 0 Å². The van der Waals surface area contributed by atoms with Gasteiger partial charge in [0, 0.05) is 19.2 Å². The van der Waals surface area contributed by atoms with E-state index in [4.69, 9.17) is 18.0 Å². The monoisotopic (exact) mass is 327 g/mol. The number of likely N-dealkylation sites (N-methyl/N-ethyl adjacent to an activating group) is 1. The first-order valence-electron chi connectivity index (χ1n) is 6.40. The molecule has 1 unspecified atom stereocenters. The van der Waals surface area contributed by atoms with E-state index in [2.05, 4.69) is 4.72 Å². The lowest BCUT2D eigenvalue weighted by Gasteiger charge is -2.14. The van der Waals surface area contributed by atoms with Crippen molar-refractivity contribution in [2.45, 2.75) is 24.3 Å². The highest BCUT2D eigenvalue weighted by molar-refractivity contribution is 7.89. The third-order valence-electron chi connectivity index (χ3n) is 3.47. The van der Waals surface area contributed by atoms with Crippen LogP contribution >= 0.6 is 12.2 Å². The third-order valence-corrected chi connectivity index (χ3v) is 5.34. The molecule has 0 aliphatic carbocycles. The molecule has 1 aromatic carbocycles. The van der Waals surface area contributed by atoms with Crippen molar-refractivity contribution in [3.05, 3.63) is 29.3 Å². The molecule has 114 valence electrons. The fourth-order valence-electron chi connectivity index (χ4n) is 2.29. The van der Waals surface area contributed by atoms with Gasteiger partial charge in [-0.3, -0.25) is 4.79 Å². The van der Waals surface area contributed by atoms with Crippen molar-refractivity contribution in [2.75, 3.05) is 13.6 Å². The number of sulfonamides is 1. The molecule has 2 rings (SSSR count). The highest BCUT2D eigenvalue weighted by Gasteiger charge is 2.33. The summed E-state index contributed by atoms with van der Waals surface area (Å²) in [6, 6.07) is 3.94. The molecule has 0 spiro atoms. The van der Waals surface area contributed by atoms with Gasteiger partial charge < -0.3 is 10.6 Å². The van der Waals surface area contributed by atoms with Crippen LogP contribution in [0, 0.1) is 6.92 Å². The van der Waals surface area contributed by atoms with Crippen molar-refractivity contribution in [1.82, 2.24) is 9.62 Å². The minimum atomic E-state index is -3.75. The molecule has 3 N–H and O–H groups in total. The average Bonchev–Trinajstić information content (AvgIpc) is 2.69. The second-order valence-corrected chi connectivity index (χ2v) is 7.19. The number of rotatable bonds is 4. The molecule has 1 atom stereocenters. The molecule has 1 aliphatic heterocycles. The van der Waals surface area contributed by atoms with Crippen molar-refractivity contribution < 1.29 is 13.2 Å². The Balaban J connectivity index is 2.28. The molecular weight excluding hydrogens is 310 g/mol. The van der Waals surface area contributed by atoms with Gasteiger partial charge >= 0.3 is 0 Å². The Morgan fingerprint density at radius 3 is 2.62 bits per heavy atom. The lowest BCUT2D eigenvalue weighted by atomic mass is 10.1. The van der Waals surface area contributed by atoms with Gasteiger partial charge in [-0.25, -0.2) is 8.42 Å². The van der Waals surface area contributed by atoms with Gasteiger partial charge in [0.1, 0.15) is 11.0 Å². The summed E-state index contributed by atoms with van der Waals surface area (Å²) >= 11 is 4.87. The topological polar surface area (TPSA) is 92.5 Å². The van der Waals surface area contributed by atoms with Crippen molar-refractivity contribution in [2.24, 2.45) is 5.73 Å². The van der Waals surface area contributed by atoms with Gasteiger partial charge in [0.25, 0.3) is 0 Å². The van der Waals surface area contributed by atoms with Gasteiger partial charge in [0.05, 0.1) is 4.90 Å². The number of nitrogens with zero attached hydrogens (tertiary/aromatic N) is 1. The molecule has 1 saturated heterocycles. The van der Waals surface area contributed by atoms with E-state index in [9.17, 15) is 13.2 Å². The minimum absolute atomic E-state index is 0.129. The highest BCUT2D eigenvalue weighted by Crippen LogP contribution is 2.19. The van der Waals surface area contributed by atoms with Crippen molar-refractivity contribution in [1.29, 1.82) is 0 Å². The first-order valence-corrected chi connectivity index (χ1v) is 8.29. The molecule has 8 heteroatoms. The summed E-state index contributed by atoms with van der Waals surface area (Å²) in [7, 11) is -2.10. The van der Waals surface area contributed by atoms with Gasteiger partial charge in [-0.2, -0.15) is 4.72 Å². The van der Waals surface area contributed by atoms with Crippen LogP contribution in [0.2, 0.25) is 0 Å². The molecule has 0 aromatic heterocycles. The summed E-state index contributed by atoms with van der Waals surface area (Å²) in [5.41, 5.74) is 6.67. The van der Waals surface area contributed by atoms with Gasteiger partial charge in [0.2, 0.25) is 15.9 Å². The van der Waals surface area contributed by atoms with E-state index < -0.39 is 16.1 Å². The maximum atomic E-state index is 12.4. The predicted molar refractivity (Wildman–Crippen MR) is 83.4 cm³/mol. The quantitative estimate of drug-likeness (QED) is 0.767. The summed E-state index contributed by atoms with van der Waals surface area (Å²) in [6.45, 7) is 2.21. The van der Waals surface area contributed by atoms with Crippen LogP contribution in [0.25, 0.3) is 0 Å². The predicted octanol–water partition coefficient (Wildman–Crippen LogP) is 0.138. The molecule has 1 fully saturated rings. The summed E-state index contributed by atoms with van der Waals surface area (Å²) in [5, 5.41) is 0. The zero-order chi connectivity index (χ0) is 15.8. The number of hydrogen-bond acceptors (Lipinski definition) is 4. The second-order valence-electron chi connectivity index (χ2n) is 5.07. The van der Waals surface area contributed by atoms with Gasteiger partial charge in [-0.05, 0) is 31.0 Å². The van der Waals surface area contributed by atoms with Crippen LogP contribution in [0.1, 0.15) is 17.5 Å². The van der Waals surface area contributed by atoms with Crippen LogP contribution in [-0.4, -0.2) is 43.8 Å². The molecule has 1 amide bonds. The fraction of sp³-hybridized carbons (Fsp3) is 0.385. The van der Waals surface area contributed by atoms with E-state index in [1.807, 2.05) is 0 Å². The highest BCUT2D eigenvalue weighted by atomic mass is 32.2. The number of nitrogens with one attached hydrogen (secondary N) is 1. The van der Waals surface area contributed by atoms with Crippen LogP contribution in [-0.2, 0) is 14.8 Å².